The summed E-state index contributed by atoms with van der Waals surface area (Å²) in [4.78, 5) is 27.2. The predicted molar refractivity (Wildman–Crippen MR) is 62.8 cm³/mol. The van der Waals surface area contributed by atoms with Crippen LogP contribution in [0.3, 0.4) is 0 Å². The number of rotatable bonds is 5. The van der Waals surface area contributed by atoms with Crippen LogP contribution in [0.25, 0.3) is 0 Å². The minimum Gasteiger partial charge on any atom is -0.444 e. The highest BCUT2D eigenvalue weighted by Crippen LogP contribution is 2.06. The molecule has 96 valence electrons. The number of hydroxylamine groups is 1. The van der Waals surface area contributed by atoms with Crippen molar-refractivity contribution in [3.05, 3.63) is 24.9 Å². The molecular formula is C11H18N2O4. The van der Waals surface area contributed by atoms with Crippen LogP contribution in [0, 0.1) is 0 Å². The van der Waals surface area contributed by atoms with Crippen molar-refractivity contribution in [2.24, 2.45) is 0 Å². The second-order valence-electron chi connectivity index (χ2n) is 4.14. The third kappa shape index (κ3) is 8.04. The van der Waals surface area contributed by atoms with Crippen LogP contribution in [0.4, 0.5) is 4.79 Å². The van der Waals surface area contributed by atoms with E-state index in [1.165, 1.54) is 6.08 Å². The number of nitrogens with one attached hydrogen (secondary N) is 2. The number of ether oxygens (including phenoxy) is 1. The molecule has 0 saturated carbocycles. The molecule has 0 fully saturated rings. The van der Waals surface area contributed by atoms with Crippen molar-refractivity contribution in [1.29, 1.82) is 0 Å². The van der Waals surface area contributed by atoms with Crippen molar-refractivity contribution in [1.82, 2.24) is 10.8 Å². The van der Waals surface area contributed by atoms with Gasteiger partial charge in [-0.2, -0.15) is 0 Å². The average molecular weight is 242 g/mol. The summed E-state index contributed by atoms with van der Waals surface area (Å²) >= 11 is 0. The highest BCUT2D eigenvalue weighted by Gasteiger charge is 2.18. The van der Waals surface area contributed by atoms with Gasteiger partial charge in [0.15, 0.2) is 0 Å². The van der Waals surface area contributed by atoms with Gasteiger partial charge in [-0.3, -0.25) is 14.9 Å². The fraction of sp³-hybridized carbons (Fsp3) is 0.455. The Morgan fingerprint density at radius 2 is 1.94 bits per heavy atom. The molecule has 17 heavy (non-hydrogen) atoms. The van der Waals surface area contributed by atoms with E-state index < -0.39 is 17.6 Å². The number of alkyl carbamates (subject to hydrolysis) is 1. The normalized spacial score (nSPS) is 10.3. The predicted octanol–water partition coefficient (Wildman–Crippen LogP) is 1.26. The fourth-order valence-electron chi connectivity index (χ4n) is 0.711. The van der Waals surface area contributed by atoms with Crippen LogP contribution < -0.4 is 10.8 Å². The largest absolute Gasteiger partial charge is 0.444 e. The van der Waals surface area contributed by atoms with Crippen molar-refractivity contribution >= 4 is 12.0 Å². The highest BCUT2D eigenvalue weighted by atomic mass is 16.6. The van der Waals surface area contributed by atoms with E-state index in [2.05, 4.69) is 28.8 Å². The van der Waals surface area contributed by atoms with E-state index in [1.807, 2.05) is 0 Å². The van der Waals surface area contributed by atoms with E-state index in [0.29, 0.717) is 0 Å². The molecule has 6 nitrogen and oxygen atoms in total. The zero-order valence-electron chi connectivity index (χ0n) is 10.3. The SMILES string of the molecule is C=CCONC(=O)C(=C)NC(=O)OC(C)(C)C. The van der Waals surface area contributed by atoms with E-state index in [9.17, 15) is 9.59 Å². The molecule has 0 aliphatic carbocycles. The molecule has 0 aliphatic rings. The minimum atomic E-state index is -0.749. The molecule has 2 N–H and O–H groups in total. The minimum absolute atomic E-state index is 0.158. The van der Waals surface area contributed by atoms with E-state index in [-0.39, 0.29) is 12.3 Å². The molecule has 0 atom stereocenters. The van der Waals surface area contributed by atoms with E-state index in [1.54, 1.807) is 20.8 Å². The topological polar surface area (TPSA) is 76.7 Å². The van der Waals surface area contributed by atoms with Gasteiger partial charge >= 0.3 is 6.09 Å². The maximum absolute atomic E-state index is 11.3. The molecular weight excluding hydrogens is 224 g/mol. The van der Waals surface area contributed by atoms with Crippen LogP contribution in [-0.4, -0.2) is 24.2 Å². The summed E-state index contributed by atoms with van der Waals surface area (Å²) in [5, 5.41) is 2.19. The van der Waals surface area contributed by atoms with Gasteiger partial charge in [0, 0.05) is 0 Å². The number of hydrogen-bond acceptors (Lipinski definition) is 4. The first-order valence-corrected chi connectivity index (χ1v) is 4.98. The molecule has 0 rings (SSSR count). The first-order valence-electron chi connectivity index (χ1n) is 4.98. The maximum Gasteiger partial charge on any atom is 0.412 e. The molecule has 0 spiro atoms. The van der Waals surface area contributed by atoms with Crippen LogP contribution in [0.1, 0.15) is 20.8 Å². The number of carbonyl (C=O) groups is 2. The Labute approximate surface area is 101 Å². The first kappa shape index (κ1) is 15.2. The number of amides is 2. The summed E-state index contributed by atoms with van der Waals surface area (Å²) in [6.45, 7) is 12.1. The first-order chi connectivity index (χ1) is 7.76. The van der Waals surface area contributed by atoms with Gasteiger partial charge in [0.2, 0.25) is 0 Å². The average Bonchev–Trinajstić information content (AvgIpc) is 2.14. The summed E-state index contributed by atoms with van der Waals surface area (Å²) < 4.78 is 4.94. The standard InChI is InChI=1S/C11H18N2O4/c1-6-7-16-13-9(14)8(2)12-10(15)17-11(3,4)5/h6H,1-2,7H2,3-5H3,(H,12,15)(H,13,14). The molecule has 0 aliphatic heterocycles. The van der Waals surface area contributed by atoms with E-state index >= 15 is 0 Å². The van der Waals surface area contributed by atoms with Crippen LogP contribution in [0.5, 0.6) is 0 Å². The molecule has 0 unspecified atom stereocenters. The molecule has 0 saturated heterocycles. The lowest BCUT2D eigenvalue weighted by Gasteiger charge is -2.19. The van der Waals surface area contributed by atoms with Gasteiger partial charge in [0.05, 0.1) is 6.61 Å². The van der Waals surface area contributed by atoms with Gasteiger partial charge in [-0.1, -0.05) is 12.7 Å². The Bertz CT molecular complexity index is 318. The van der Waals surface area contributed by atoms with E-state index in [0.717, 1.165) is 0 Å². The molecule has 0 aromatic rings. The molecule has 0 aromatic carbocycles. The number of hydrogen-bond donors (Lipinski definition) is 2. The summed E-state index contributed by atoms with van der Waals surface area (Å²) in [6, 6.07) is 0. The van der Waals surface area contributed by atoms with Crippen molar-refractivity contribution < 1.29 is 19.2 Å². The van der Waals surface area contributed by atoms with Gasteiger partial charge in [0.25, 0.3) is 5.91 Å². The number of carbonyl (C=O) groups excluding carboxylic acids is 2. The van der Waals surface area contributed by atoms with Crippen LogP contribution in [0.15, 0.2) is 24.9 Å². The smallest absolute Gasteiger partial charge is 0.412 e. The fourth-order valence-corrected chi connectivity index (χ4v) is 0.711. The maximum atomic E-state index is 11.3. The monoisotopic (exact) mass is 242 g/mol. The summed E-state index contributed by atoms with van der Waals surface area (Å²) in [7, 11) is 0. The lowest BCUT2D eigenvalue weighted by Crippen LogP contribution is -2.37. The van der Waals surface area contributed by atoms with Crippen LogP contribution in [0.2, 0.25) is 0 Å². The molecule has 0 heterocycles. The third-order valence-corrected chi connectivity index (χ3v) is 1.29. The Morgan fingerprint density at radius 1 is 1.35 bits per heavy atom. The Morgan fingerprint density at radius 3 is 2.41 bits per heavy atom. The van der Waals surface area contributed by atoms with Crippen LogP contribution >= 0.6 is 0 Å². The zero-order valence-corrected chi connectivity index (χ0v) is 10.3. The van der Waals surface area contributed by atoms with Crippen molar-refractivity contribution in [3.63, 3.8) is 0 Å². The Balaban J connectivity index is 4.04. The van der Waals surface area contributed by atoms with Crippen molar-refractivity contribution in [2.45, 2.75) is 26.4 Å². The summed E-state index contributed by atoms with van der Waals surface area (Å²) in [5.41, 5.74) is 1.27. The Kier molecular flexibility index (Phi) is 5.98. The zero-order chi connectivity index (χ0) is 13.5. The van der Waals surface area contributed by atoms with Gasteiger partial charge in [0.1, 0.15) is 11.3 Å². The van der Waals surface area contributed by atoms with Gasteiger partial charge in [-0.15, -0.1) is 6.58 Å². The highest BCUT2D eigenvalue weighted by molar-refractivity contribution is 5.94. The van der Waals surface area contributed by atoms with Gasteiger partial charge in [-0.25, -0.2) is 10.3 Å². The quantitative estimate of drug-likeness (QED) is 0.329. The Hall–Kier alpha value is -1.82. The molecule has 0 aromatic heterocycles. The lowest BCUT2D eigenvalue weighted by molar-refractivity contribution is -0.129. The van der Waals surface area contributed by atoms with Crippen molar-refractivity contribution in [3.8, 4) is 0 Å². The van der Waals surface area contributed by atoms with Gasteiger partial charge in [-0.05, 0) is 20.8 Å². The molecule has 6 heteroatoms. The third-order valence-electron chi connectivity index (χ3n) is 1.29. The van der Waals surface area contributed by atoms with Crippen LogP contribution in [-0.2, 0) is 14.4 Å². The van der Waals surface area contributed by atoms with E-state index in [4.69, 9.17) is 4.74 Å². The van der Waals surface area contributed by atoms with Crippen molar-refractivity contribution in [2.75, 3.05) is 6.61 Å². The molecule has 0 radical (unpaired) electrons. The summed E-state index contributed by atoms with van der Waals surface area (Å²) in [6.07, 6.45) is 0.714. The second kappa shape index (κ2) is 6.70. The summed E-state index contributed by atoms with van der Waals surface area (Å²) in [5.74, 6) is -0.655. The molecule has 2 amide bonds. The second-order valence-corrected chi connectivity index (χ2v) is 4.14. The lowest BCUT2D eigenvalue weighted by atomic mass is 10.2. The molecule has 0 bridgehead atoms. The van der Waals surface area contributed by atoms with Gasteiger partial charge < -0.3 is 4.74 Å².